The lowest BCUT2D eigenvalue weighted by molar-refractivity contribution is -0.115. The molecule has 1 aromatic rings. The molecule has 2 heterocycles. The number of ether oxygens (including phenoxy) is 1. The van der Waals surface area contributed by atoms with Gasteiger partial charge in [-0.3, -0.25) is 15.0 Å². The molecule has 0 bridgehead atoms. The van der Waals surface area contributed by atoms with E-state index in [1.807, 2.05) is 0 Å². The van der Waals surface area contributed by atoms with Crippen molar-refractivity contribution in [2.75, 3.05) is 38.2 Å². The van der Waals surface area contributed by atoms with Crippen LogP contribution in [0.1, 0.15) is 32.1 Å². The molecule has 6 heteroatoms. The third-order valence-corrected chi connectivity index (χ3v) is 5.31. The molecular weight excluding hydrogens is 340 g/mol. The number of imidazole rings is 1. The van der Waals surface area contributed by atoms with Gasteiger partial charge in [0, 0.05) is 26.2 Å². The van der Waals surface area contributed by atoms with Gasteiger partial charge in [0.15, 0.2) is 0 Å². The second-order valence-corrected chi connectivity index (χ2v) is 7.28. The zero-order valence-corrected chi connectivity index (χ0v) is 15.8. The zero-order chi connectivity index (χ0) is 18.5. The molecule has 1 N–H and O–H groups in total. The first-order chi connectivity index (χ1) is 13.3. The van der Waals surface area contributed by atoms with Crippen molar-refractivity contribution in [3.63, 3.8) is 0 Å². The summed E-state index contributed by atoms with van der Waals surface area (Å²) < 4.78 is 7.61. The summed E-state index contributed by atoms with van der Waals surface area (Å²) in [4.78, 5) is 19.7. The summed E-state index contributed by atoms with van der Waals surface area (Å²) in [5.41, 5.74) is 1.09. The van der Waals surface area contributed by atoms with Gasteiger partial charge in [-0.05, 0) is 31.3 Å². The Morgan fingerprint density at radius 2 is 1.89 bits per heavy atom. The van der Waals surface area contributed by atoms with Gasteiger partial charge in [0.1, 0.15) is 0 Å². The lowest BCUT2D eigenvalue weighted by Crippen LogP contribution is -2.40. The van der Waals surface area contributed by atoms with Crippen LogP contribution in [-0.2, 0) is 16.1 Å². The van der Waals surface area contributed by atoms with Gasteiger partial charge in [-0.1, -0.05) is 30.4 Å². The number of hydrogen-bond donors (Lipinski definition) is 1. The number of fused-ring (bicyclic) bond motifs is 1. The van der Waals surface area contributed by atoms with Crippen molar-refractivity contribution in [3.8, 4) is 0 Å². The van der Waals surface area contributed by atoms with Crippen molar-refractivity contribution in [3.05, 3.63) is 34.5 Å². The van der Waals surface area contributed by atoms with E-state index in [4.69, 9.17) is 9.72 Å². The molecule has 1 fully saturated rings. The molecule has 6 nitrogen and oxygen atoms in total. The molecule has 0 aromatic carbocycles. The molecule has 0 spiro atoms. The molecule has 0 saturated carbocycles. The summed E-state index contributed by atoms with van der Waals surface area (Å²) in [6, 6.07) is 0. The van der Waals surface area contributed by atoms with Crippen molar-refractivity contribution in [1.29, 1.82) is 0 Å². The van der Waals surface area contributed by atoms with Crippen LogP contribution in [0.15, 0.2) is 23.8 Å². The maximum absolute atomic E-state index is 12.6. The molecule has 1 amide bonds. The van der Waals surface area contributed by atoms with E-state index in [0.717, 1.165) is 81.3 Å². The number of carbonyl (C=O) groups is 1. The van der Waals surface area contributed by atoms with E-state index in [0.29, 0.717) is 12.4 Å². The topological polar surface area (TPSA) is 59.4 Å². The molecule has 4 rings (SSSR count). The number of aromatic nitrogens is 2. The summed E-state index contributed by atoms with van der Waals surface area (Å²) in [7, 11) is 0. The quantitative estimate of drug-likeness (QED) is 0.819. The predicted molar refractivity (Wildman–Crippen MR) is 107 cm³/mol. The number of morpholine rings is 1. The van der Waals surface area contributed by atoms with E-state index in [9.17, 15) is 4.79 Å². The number of carbonyl (C=O) groups excluding carboxylic acids is 1. The van der Waals surface area contributed by atoms with Gasteiger partial charge in [-0.25, -0.2) is 4.98 Å². The molecule has 2 aliphatic carbocycles. The van der Waals surface area contributed by atoms with Crippen LogP contribution in [0, 0.1) is 0 Å². The third-order valence-electron chi connectivity index (χ3n) is 5.31. The standard InChI is InChI=1S/C21H28N4O2/c26-20(16-17-6-2-1-3-7-17)23-21-22-18-8-4-5-9-19(18)25(21)11-10-24-12-14-27-15-13-24/h2,6-9H,1,3-5,10-16H2,(H,22,23,26). The number of anilines is 1. The first-order valence-electron chi connectivity index (χ1n) is 10.0. The van der Waals surface area contributed by atoms with E-state index in [1.54, 1.807) is 0 Å². The van der Waals surface area contributed by atoms with E-state index in [-0.39, 0.29) is 5.91 Å². The van der Waals surface area contributed by atoms with Gasteiger partial charge >= 0.3 is 0 Å². The lowest BCUT2D eigenvalue weighted by atomic mass is 10.0. The number of rotatable bonds is 6. The zero-order valence-electron chi connectivity index (χ0n) is 15.8. The first kappa shape index (κ1) is 18.2. The van der Waals surface area contributed by atoms with Gasteiger partial charge in [-0.15, -0.1) is 0 Å². The Bertz CT molecular complexity index is 859. The minimum atomic E-state index is 0.00256. The average molecular weight is 368 g/mol. The number of allylic oxidation sites excluding steroid dienone is 3. The van der Waals surface area contributed by atoms with Crippen molar-refractivity contribution < 1.29 is 9.53 Å². The predicted octanol–water partition coefficient (Wildman–Crippen LogP) is 1.18. The number of nitrogens with one attached hydrogen (secondary N) is 1. The van der Waals surface area contributed by atoms with E-state index >= 15 is 0 Å². The van der Waals surface area contributed by atoms with Crippen LogP contribution in [0.4, 0.5) is 5.95 Å². The molecule has 1 aliphatic heterocycles. The van der Waals surface area contributed by atoms with Crippen LogP contribution in [0.25, 0.3) is 12.2 Å². The van der Waals surface area contributed by atoms with Crippen LogP contribution >= 0.6 is 0 Å². The van der Waals surface area contributed by atoms with Gasteiger partial charge in [-0.2, -0.15) is 0 Å². The SMILES string of the molecule is O=C(CC1=CCCC=C1)Nc1nc2c(n1CCN1CCOCC1)=CCCC=2. The largest absolute Gasteiger partial charge is 0.379 e. The summed E-state index contributed by atoms with van der Waals surface area (Å²) in [6.45, 7) is 5.30. The molecule has 1 saturated heterocycles. The van der Waals surface area contributed by atoms with Crippen LogP contribution in [0.5, 0.6) is 0 Å². The highest BCUT2D eigenvalue weighted by Gasteiger charge is 2.16. The Kier molecular flexibility index (Phi) is 5.84. The maximum atomic E-state index is 12.6. The fourth-order valence-electron chi connectivity index (χ4n) is 3.83. The van der Waals surface area contributed by atoms with E-state index in [2.05, 4.69) is 45.2 Å². The van der Waals surface area contributed by atoms with Crippen LogP contribution in [-0.4, -0.2) is 53.2 Å². The third kappa shape index (κ3) is 4.57. The monoisotopic (exact) mass is 368 g/mol. The first-order valence-corrected chi connectivity index (χ1v) is 10.0. The fraction of sp³-hybridized carbons (Fsp3) is 0.524. The molecule has 3 aliphatic rings. The Balaban J connectivity index is 1.49. The highest BCUT2D eigenvalue weighted by Crippen LogP contribution is 2.14. The Labute approximate surface area is 159 Å². The molecule has 0 atom stereocenters. The highest BCUT2D eigenvalue weighted by molar-refractivity contribution is 5.91. The van der Waals surface area contributed by atoms with Crippen LogP contribution < -0.4 is 16.0 Å². The minimum Gasteiger partial charge on any atom is -0.379 e. The number of amides is 1. The van der Waals surface area contributed by atoms with Crippen LogP contribution in [0.3, 0.4) is 0 Å². The molecule has 144 valence electrons. The molecule has 27 heavy (non-hydrogen) atoms. The van der Waals surface area contributed by atoms with Crippen molar-refractivity contribution in [1.82, 2.24) is 14.5 Å². The smallest absolute Gasteiger partial charge is 0.231 e. The Morgan fingerprint density at radius 3 is 2.70 bits per heavy atom. The minimum absolute atomic E-state index is 0.00256. The summed E-state index contributed by atoms with van der Waals surface area (Å²) in [5, 5.41) is 5.19. The number of nitrogens with zero attached hydrogens (tertiary/aromatic N) is 3. The summed E-state index contributed by atoms with van der Waals surface area (Å²) >= 11 is 0. The van der Waals surface area contributed by atoms with Crippen molar-refractivity contribution in [2.24, 2.45) is 0 Å². The Hall–Kier alpha value is -2.18. The normalized spacial score (nSPS) is 19.6. The van der Waals surface area contributed by atoms with Crippen LogP contribution in [0.2, 0.25) is 0 Å². The van der Waals surface area contributed by atoms with Gasteiger partial charge in [0.2, 0.25) is 11.9 Å². The fourth-order valence-corrected chi connectivity index (χ4v) is 3.83. The highest BCUT2D eigenvalue weighted by atomic mass is 16.5. The average Bonchev–Trinajstić information content (AvgIpc) is 3.04. The summed E-state index contributed by atoms with van der Waals surface area (Å²) in [6.07, 6.45) is 15.3. The van der Waals surface area contributed by atoms with Crippen molar-refractivity contribution >= 4 is 24.0 Å². The van der Waals surface area contributed by atoms with Gasteiger partial charge in [0.25, 0.3) is 0 Å². The number of hydrogen-bond acceptors (Lipinski definition) is 4. The van der Waals surface area contributed by atoms with E-state index < -0.39 is 0 Å². The molecule has 1 aromatic heterocycles. The molecule has 0 radical (unpaired) electrons. The van der Waals surface area contributed by atoms with Gasteiger partial charge in [0.05, 0.1) is 30.3 Å². The lowest BCUT2D eigenvalue weighted by Gasteiger charge is -2.26. The van der Waals surface area contributed by atoms with Gasteiger partial charge < -0.3 is 9.30 Å². The second-order valence-electron chi connectivity index (χ2n) is 7.28. The van der Waals surface area contributed by atoms with E-state index in [1.165, 1.54) is 0 Å². The maximum Gasteiger partial charge on any atom is 0.231 e. The summed E-state index contributed by atoms with van der Waals surface area (Å²) in [5.74, 6) is 0.677. The molecule has 0 unspecified atom stereocenters. The second kappa shape index (κ2) is 8.67. The Morgan fingerprint density at radius 1 is 1.07 bits per heavy atom. The van der Waals surface area contributed by atoms with Crippen molar-refractivity contribution in [2.45, 2.75) is 38.6 Å². The molecular formula is C21H28N4O2.